The Labute approximate surface area is 172 Å². The lowest BCUT2D eigenvalue weighted by Crippen LogP contribution is -2.25. The summed E-state index contributed by atoms with van der Waals surface area (Å²) in [5, 5.41) is 4.23. The maximum absolute atomic E-state index is 5.59. The Morgan fingerprint density at radius 2 is 1.82 bits per heavy atom. The molecule has 28 heavy (non-hydrogen) atoms. The number of pyridine rings is 1. The Bertz CT molecular complexity index is 1040. The van der Waals surface area contributed by atoms with Crippen molar-refractivity contribution in [3.8, 4) is 5.69 Å². The smallest absolute Gasteiger partial charge is 0.169 e. The first-order valence-electron chi connectivity index (χ1n) is 9.59. The summed E-state index contributed by atoms with van der Waals surface area (Å²) in [5.74, 6) is 0. The minimum absolute atomic E-state index is 0.0336. The number of aryl methyl sites for hydroxylation is 3. The van der Waals surface area contributed by atoms with Crippen molar-refractivity contribution in [2.45, 2.75) is 39.8 Å². The van der Waals surface area contributed by atoms with Crippen molar-refractivity contribution < 1.29 is 0 Å². The molecular weight excluding hydrogens is 364 g/mol. The third-order valence-corrected chi connectivity index (χ3v) is 6.14. The van der Waals surface area contributed by atoms with E-state index in [-0.39, 0.29) is 12.1 Å². The van der Waals surface area contributed by atoms with Gasteiger partial charge < -0.3 is 14.8 Å². The van der Waals surface area contributed by atoms with Crippen LogP contribution in [0.15, 0.2) is 48.7 Å². The number of likely N-dealkylation sites (N-methyl/N-ethyl adjacent to an activating group) is 1. The molecule has 0 saturated carbocycles. The second kappa shape index (κ2) is 7.06. The van der Waals surface area contributed by atoms with E-state index in [2.05, 4.69) is 84.8 Å². The topological polar surface area (TPSA) is 33.1 Å². The Kier molecular flexibility index (Phi) is 4.71. The summed E-state index contributed by atoms with van der Waals surface area (Å²) in [5.41, 5.74) is 8.55. The first kappa shape index (κ1) is 18.7. The normalized spacial score (nSPS) is 19.2. The highest BCUT2D eigenvalue weighted by atomic mass is 32.1. The Morgan fingerprint density at radius 3 is 2.54 bits per heavy atom. The van der Waals surface area contributed by atoms with Crippen molar-refractivity contribution in [3.63, 3.8) is 0 Å². The Morgan fingerprint density at radius 1 is 1.04 bits per heavy atom. The molecule has 0 bridgehead atoms. The van der Waals surface area contributed by atoms with E-state index < -0.39 is 0 Å². The van der Waals surface area contributed by atoms with Gasteiger partial charge in [0.2, 0.25) is 0 Å². The van der Waals surface area contributed by atoms with Gasteiger partial charge in [0.25, 0.3) is 0 Å². The van der Waals surface area contributed by atoms with E-state index in [1.807, 2.05) is 18.3 Å². The zero-order valence-corrected chi connectivity index (χ0v) is 17.8. The predicted octanol–water partition coefficient (Wildman–Crippen LogP) is 4.71. The fourth-order valence-corrected chi connectivity index (χ4v) is 4.51. The number of thiocarbonyl (C=S) groups is 1. The van der Waals surface area contributed by atoms with Gasteiger partial charge in [0, 0.05) is 30.3 Å². The molecule has 0 unspecified atom stereocenters. The summed E-state index contributed by atoms with van der Waals surface area (Å²) in [6, 6.07) is 15.1. The molecule has 1 saturated heterocycles. The second-order valence-electron chi connectivity index (χ2n) is 7.69. The molecule has 1 N–H and O–H groups in total. The maximum Gasteiger partial charge on any atom is 0.169 e. The second-order valence-corrected chi connectivity index (χ2v) is 8.08. The van der Waals surface area contributed by atoms with Crippen molar-refractivity contribution in [3.05, 3.63) is 82.4 Å². The molecule has 3 aromatic rings. The quantitative estimate of drug-likeness (QED) is 0.657. The van der Waals surface area contributed by atoms with Crippen LogP contribution in [0.5, 0.6) is 0 Å². The third kappa shape index (κ3) is 3.00. The fraction of sp³-hybridized carbons (Fsp3) is 0.304. The van der Waals surface area contributed by atoms with Crippen LogP contribution in [0.4, 0.5) is 0 Å². The molecule has 2 atom stereocenters. The molecule has 0 aliphatic carbocycles. The first-order valence-corrected chi connectivity index (χ1v) is 10.00. The zero-order chi connectivity index (χ0) is 20.0. The van der Waals surface area contributed by atoms with Gasteiger partial charge in [0.15, 0.2) is 5.11 Å². The van der Waals surface area contributed by atoms with E-state index in [4.69, 9.17) is 12.2 Å². The number of nitrogens with one attached hydrogen (secondary N) is 1. The fourth-order valence-electron chi connectivity index (χ4n) is 4.27. The first-order chi connectivity index (χ1) is 13.4. The molecule has 2 aromatic heterocycles. The molecule has 4 nitrogen and oxygen atoms in total. The monoisotopic (exact) mass is 390 g/mol. The summed E-state index contributed by atoms with van der Waals surface area (Å²) in [6.45, 7) is 8.69. The molecule has 144 valence electrons. The summed E-state index contributed by atoms with van der Waals surface area (Å²) < 4.78 is 2.36. The average molecular weight is 391 g/mol. The van der Waals surface area contributed by atoms with Crippen LogP contribution in [0, 0.1) is 27.7 Å². The van der Waals surface area contributed by atoms with Crippen molar-refractivity contribution >= 4 is 17.3 Å². The lowest BCUT2D eigenvalue weighted by atomic mass is 9.97. The van der Waals surface area contributed by atoms with E-state index in [0.29, 0.717) is 0 Å². The van der Waals surface area contributed by atoms with Gasteiger partial charge in [0.05, 0.1) is 17.8 Å². The highest BCUT2D eigenvalue weighted by Crippen LogP contribution is 2.40. The predicted molar refractivity (Wildman–Crippen MR) is 118 cm³/mol. The average Bonchev–Trinajstić information content (AvgIpc) is 3.13. The molecule has 1 aliphatic heterocycles. The summed E-state index contributed by atoms with van der Waals surface area (Å²) >= 11 is 5.59. The maximum atomic E-state index is 5.59. The molecule has 1 fully saturated rings. The van der Waals surface area contributed by atoms with Crippen LogP contribution >= 0.6 is 12.2 Å². The standard InChI is InChI=1S/C23H26N4S/c1-14-9-10-15(2)20(12-14)27-16(3)13-18(17(27)4)22-21(25-23(28)26(22)5)19-8-6-7-11-24-19/h6-13,21-22H,1-5H3,(H,25,28)/t21-,22-/m1/s1. The number of nitrogens with zero attached hydrogens (tertiary/aromatic N) is 3. The van der Waals surface area contributed by atoms with Gasteiger partial charge in [0.1, 0.15) is 0 Å². The molecule has 0 radical (unpaired) electrons. The highest BCUT2D eigenvalue weighted by molar-refractivity contribution is 7.80. The molecule has 5 heteroatoms. The van der Waals surface area contributed by atoms with E-state index in [1.165, 1.54) is 33.8 Å². The van der Waals surface area contributed by atoms with E-state index in [1.54, 1.807) is 0 Å². The Hall–Kier alpha value is -2.66. The summed E-state index contributed by atoms with van der Waals surface area (Å²) in [6.07, 6.45) is 1.84. The van der Waals surface area contributed by atoms with Gasteiger partial charge in [-0.1, -0.05) is 18.2 Å². The van der Waals surface area contributed by atoms with Crippen molar-refractivity contribution in [2.75, 3.05) is 7.05 Å². The molecule has 1 aliphatic rings. The molecule has 4 rings (SSSR count). The number of hydrogen-bond donors (Lipinski definition) is 1. The lowest BCUT2D eigenvalue weighted by Gasteiger charge is -2.24. The largest absolute Gasteiger partial charge is 0.352 e. The Balaban J connectivity index is 1.85. The summed E-state index contributed by atoms with van der Waals surface area (Å²) in [7, 11) is 2.06. The van der Waals surface area contributed by atoms with Gasteiger partial charge in [-0.05, 0) is 80.9 Å². The number of rotatable bonds is 3. The highest BCUT2D eigenvalue weighted by Gasteiger charge is 2.39. The minimum atomic E-state index is 0.0336. The van der Waals surface area contributed by atoms with Crippen molar-refractivity contribution in [2.24, 2.45) is 0 Å². The van der Waals surface area contributed by atoms with Gasteiger partial charge >= 0.3 is 0 Å². The SMILES string of the molecule is Cc1ccc(C)c(-n2c(C)cc([C@@H]3[C@@H](c4ccccn4)NC(=S)N3C)c2C)c1. The molecular formula is C23H26N4S. The lowest BCUT2D eigenvalue weighted by molar-refractivity contribution is 0.367. The molecule has 0 amide bonds. The summed E-state index contributed by atoms with van der Waals surface area (Å²) in [4.78, 5) is 6.75. The number of benzene rings is 1. The molecule has 0 spiro atoms. The number of hydrogen-bond acceptors (Lipinski definition) is 2. The zero-order valence-electron chi connectivity index (χ0n) is 17.0. The van der Waals surface area contributed by atoms with Crippen LogP contribution in [0.3, 0.4) is 0 Å². The van der Waals surface area contributed by atoms with Crippen molar-refractivity contribution in [1.82, 2.24) is 19.8 Å². The minimum Gasteiger partial charge on any atom is -0.352 e. The van der Waals surface area contributed by atoms with Crippen LogP contribution in [-0.4, -0.2) is 26.6 Å². The third-order valence-electron chi connectivity index (χ3n) is 5.73. The van der Waals surface area contributed by atoms with Crippen LogP contribution in [0.2, 0.25) is 0 Å². The van der Waals surface area contributed by atoms with Crippen molar-refractivity contribution in [1.29, 1.82) is 0 Å². The van der Waals surface area contributed by atoms with E-state index in [0.717, 1.165) is 10.8 Å². The van der Waals surface area contributed by atoms with Crippen LogP contribution in [0.25, 0.3) is 5.69 Å². The van der Waals surface area contributed by atoms with Gasteiger partial charge in [-0.3, -0.25) is 4.98 Å². The van der Waals surface area contributed by atoms with Gasteiger partial charge in [-0.2, -0.15) is 0 Å². The molecule has 1 aromatic carbocycles. The van der Waals surface area contributed by atoms with Gasteiger partial charge in [-0.25, -0.2) is 0 Å². The van der Waals surface area contributed by atoms with E-state index >= 15 is 0 Å². The van der Waals surface area contributed by atoms with Crippen LogP contribution in [-0.2, 0) is 0 Å². The van der Waals surface area contributed by atoms with Crippen LogP contribution in [0.1, 0.15) is 45.9 Å². The number of aromatic nitrogens is 2. The van der Waals surface area contributed by atoms with Crippen LogP contribution < -0.4 is 5.32 Å². The van der Waals surface area contributed by atoms with Gasteiger partial charge in [-0.15, -0.1) is 0 Å². The molecule has 3 heterocycles. The van der Waals surface area contributed by atoms with E-state index in [9.17, 15) is 0 Å².